The Hall–Kier alpha value is -3.18. The van der Waals surface area contributed by atoms with Gasteiger partial charge in [0.1, 0.15) is 6.04 Å². The quantitative estimate of drug-likeness (QED) is 0.334. The first-order valence-electron chi connectivity index (χ1n) is 9.37. The fraction of sp³-hybridized carbons (Fsp3) is 0.667. The van der Waals surface area contributed by atoms with E-state index in [0.717, 1.165) is 6.92 Å². The maximum Gasteiger partial charge on any atom is 0.304 e. The van der Waals surface area contributed by atoms with Gasteiger partial charge in [0.15, 0.2) is 6.23 Å². The van der Waals surface area contributed by atoms with E-state index in [1.54, 1.807) is 0 Å². The van der Waals surface area contributed by atoms with Crippen molar-refractivity contribution in [2.45, 2.75) is 71.9 Å². The summed E-state index contributed by atoms with van der Waals surface area (Å²) in [5.41, 5.74) is 0. The van der Waals surface area contributed by atoms with Gasteiger partial charge in [-0.3, -0.25) is 33.7 Å². The second-order valence-corrected chi connectivity index (χ2v) is 7.11. The summed E-state index contributed by atoms with van der Waals surface area (Å²) in [6, 6.07) is -3.71. The first-order valence-corrected chi connectivity index (χ1v) is 9.37. The average Bonchev–Trinajstić information content (AvgIpc) is 2.83. The van der Waals surface area contributed by atoms with E-state index >= 15 is 0 Å². The van der Waals surface area contributed by atoms with Crippen molar-refractivity contribution in [1.82, 2.24) is 26.2 Å². The molecule has 0 aliphatic carbocycles. The zero-order valence-corrected chi connectivity index (χ0v) is 17.9. The van der Waals surface area contributed by atoms with E-state index in [4.69, 9.17) is 4.74 Å². The summed E-state index contributed by atoms with van der Waals surface area (Å²) in [6.45, 7) is 7.34. The minimum absolute atomic E-state index is 0.0704. The van der Waals surface area contributed by atoms with Crippen molar-refractivity contribution in [3.63, 3.8) is 0 Å². The number of hydrogen-bond donors (Lipinski definition) is 4. The Morgan fingerprint density at radius 1 is 0.800 bits per heavy atom. The predicted molar refractivity (Wildman–Crippen MR) is 103 cm³/mol. The number of nitrogens with one attached hydrogen (secondary N) is 4. The predicted octanol–water partition coefficient (Wildman–Crippen LogP) is -2.24. The van der Waals surface area contributed by atoms with Crippen molar-refractivity contribution in [2.24, 2.45) is 0 Å². The Morgan fingerprint density at radius 3 is 1.73 bits per heavy atom. The Balaban J connectivity index is 3.56. The van der Waals surface area contributed by atoms with E-state index in [-0.39, 0.29) is 12.5 Å². The number of rotatable bonds is 7. The van der Waals surface area contributed by atoms with Gasteiger partial charge >= 0.3 is 5.97 Å². The highest BCUT2D eigenvalue weighted by molar-refractivity contribution is 5.80. The Kier molecular flexibility index (Phi) is 8.75. The number of ether oxygens (including phenoxy) is 1. The first-order chi connectivity index (χ1) is 13.8. The molecule has 0 spiro atoms. The minimum atomic E-state index is -1.24. The lowest BCUT2D eigenvalue weighted by atomic mass is 9.97. The fourth-order valence-electron chi connectivity index (χ4n) is 3.62. The van der Waals surface area contributed by atoms with Gasteiger partial charge in [-0.25, -0.2) is 0 Å². The maximum atomic E-state index is 12.5. The Morgan fingerprint density at radius 2 is 1.33 bits per heavy atom. The molecule has 5 atom stereocenters. The van der Waals surface area contributed by atoms with Crippen molar-refractivity contribution in [3.8, 4) is 0 Å². The largest absolute Gasteiger partial charge is 0.439 e. The molecule has 1 aliphatic heterocycles. The summed E-state index contributed by atoms with van der Waals surface area (Å²) < 4.78 is 5.32. The monoisotopic (exact) mass is 427 g/mol. The molecule has 1 rings (SSSR count). The zero-order chi connectivity index (χ0) is 23.2. The van der Waals surface area contributed by atoms with Gasteiger partial charge < -0.3 is 26.0 Å². The molecule has 0 aromatic carbocycles. The molecule has 1 fully saturated rings. The Bertz CT molecular complexity index is 726. The van der Waals surface area contributed by atoms with Crippen LogP contribution in [0.3, 0.4) is 0 Å². The highest BCUT2D eigenvalue weighted by Crippen LogP contribution is 2.29. The summed E-state index contributed by atoms with van der Waals surface area (Å²) in [5.74, 6) is -2.98. The molecule has 0 bridgehead atoms. The van der Waals surface area contributed by atoms with Gasteiger partial charge in [-0.1, -0.05) is 0 Å². The number of nitrogens with zero attached hydrogens (tertiary/aromatic N) is 1. The number of hydrogen-bond acceptors (Lipinski definition) is 7. The van der Waals surface area contributed by atoms with Crippen LogP contribution in [0.15, 0.2) is 0 Å². The summed E-state index contributed by atoms with van der Waals surface area (Å²) in [6.07, 6.45) is -1.24. The normalized spacial score (nSPS) is 23.7. The number of amides is 5. The van der Waals surface area contributed by atoms with Gasteiger partial charge in [0.2, 0.25) is 29.5 Å². The smallest absolute Gasteiger partial charge is 0.304 e. The third kappa shape index (κ3) is 6.71. The van der Waals surface area contributed by atoms with Crippen LogP contribution in [-0.4, -0.2) is 77.3 Å². The van der Waals surface area contributed by atoms with Crippen LogP contribution < -0.4 is 21.3 Å². The molecule has 168 valence electrons. The van der Waals surface area contributed by atoms with Gasteiger partial charge in [0, 0.05) is 48.1 Å². The first kappa shape index (κ1) is 24.9. The van der Waals surface area contributed by atoms with Crippen molar-refractivity contribution in [3.05, 3.63) is 0 Å². The lowest BCUT2D eigenvalue weighted by molar-refractivity contribution is -0.163. The molecule has 12 heteroatoms. The third-order valence-electron chi connectivity index (χ3n) is 4.42. The van der Waals surface area contributed by atoms with Crippen LogP contribution in [0, 0.1) is 0 Å². The molecule has 1 aliphatic rings. The SMILES string of the molecule is CC(=O)NC[C@@H](NC(C)=O)[C@H]1[C@H](NC(C)=O)[C@@H](NC(C)=O)[C@H](OC(C)=O)N1C(C)=O. The molecule has 1 saturated heterocycles. The van der Waals surface area contributed by atoms with Gasteiger partial charge in [-0.15, -0.1) is 0 Å². The number of likely N-dealkylation sites (tertiary alicyclic amines) is 1. The van der Waals surface area contributed by atoms with Crippen LogP contribution >= 0.6 is 0 Å². The van der Waals surface area contributed by atoms with Crippen LogP contribution in [0.25, 0.3) is 0 Å². The molecule has 1 heterocycles. The summed E-state index contributed by atoms with van der Waals surface area (Å²) >= 11 is 0. The number of esters is 1. The number of carbonyl (C=O) groups is 6. The molecule has 5 amide bonds. The lowest BCUT2D eigenvalue weighted by Gasteiger charge is -2.35. The second kappa shape index (κ2) is 10.6. The van der Waals surface area contributed by atoms with Crippen molar-refractivity contribution < 1.29 is 33.5 Å². The summed E-state index contributed by atoms with van der Waals surface area (Å²) in [5, 5.41) is 10.5. The lowest BCUT2D eigenvalue weighted by Crippen LogP contribution is -2.62. The fourth-order valence-corrected chi connectivity index (χ4v) is 3.62. The Labute approximate surface area is 174 Å². The maximum absolute atomic E-state index is 12.5. The molecule has 4 N–H and O–H groups in total. The van der Waals surface area contributed by atoms with Crippen LogP contribution in [0.1, 0.15) is 41.5 Å². The van der Waals surface area contributed by atoms with Gasteiger partial charge in [-0.2, -0.15) is 0 Å². The van der Waals surface area contributed by atoms with Crippen LogP contribution in [0.2, 0.25) is 0 Å². The van der Waals surface area contributed by atoms with E-state index in [0.29, 0.717) is 0 Å². The molecular formula is C18H29N5O7. The molecule has 0 aromatic rings. The van der Waals surface area contributed by atoms with Gasteiger partial charge in [0.25, 0.3) is 0 Å². The minimum Gasteiger partial charge on any atom is -0.439 e. The summed E-state index contributed by atoms with van der Waals surface area (Å²) in [4.78, 5) is 72.4. The average molecular weight is 427 g/mol. The second-order valence-electron chi connectivity index (χ2n) is 7.11. The van der Waals surface area contributed by atoms with Crippen LogP contribution in [0.4, 0.5) is 0 Å². The zero-order valence-electron chi connectivity index (χ0n) is 17.9. The van der Waals surface area contributed by atoms with E-state index in [2.05, 4.69) is 21.3 Å². The van der Waals surface area contributed by atoms with Crippen molar-refractivity contribution >= 4 is 35.5 Å². The highest BCUT2D eigenvalue weighted by atomic mass is 16.6. The number of carbonyl (C=O) groups excluding carboxylic acids is 6. The van der Waals surface area contributed by atoms with E-state index < -0.39 is 60.0 Å². The van der Waals surface area contributed by atoms with Crippen molar-refractivity contribution in [1.29, 1.82) is 0 Å². The molecular weight excluding hydrogens is 398 g/mol. The van der Waals surface area contributed by atoms with Crippen LogP contribution in [-0.2, 0) is 33.5 Å². The van der Waals surface area contributed by atoms with E-state index in [1.807, 2.05) is 0 Å². The highest BCUT2D eigenvalue weighted by Gasteiger charge is 2.55. The molecule has 30 heavy (non-hydrogen) atoms. The molecule has 0 saturated carbocycles. The summed E-state index contributed by atoms with van der Waals surface area (Å²) in [7, 11) is 0. The van der Waals surface area contributed by atoms with Crippen LogP contribution in [0.5, 0.6) is 0 Å². The molecule has 0 unspecified atom stereocenters. The molecule has 0 aromatic heterocycles. The van der Waals surface area contributed by atoms with E-state index in [9.17, 15) is 28.8 Å². The van der Waals surface area contributed by atoms with Crippen molar-refractivity contribution in [2.75, 3.05) is 6.54 Å². The molecule has 12 nitrogen and oxygen atoms in total. The van der Waals surface area contributed by atoms with Gasteiger partial charge in [0.05, 0.1) is 18.1 Å². The molecule has 0 radical (unpaired) electrons. The standard InChI is InChI=1S/C18H29N5O7/c1-8(24)19-7-14(20-9(2)25)17-15(21-10(3)26)16(22-11(4)27)18(30-13(6)29)23(17)12(5)28/h14-18H,7H2,1-6H3,(H,19,24)(H,20,25)(H,21,26)(H,22,27)/t14-,15-,16-,17+,18+/m1/s1. The third-order valence-corrected chi connectivity index (χ3v) is 4.42. The topological polar surface area (TPSA) is 163 Å². The van der Waals surface area contributed by atoms with Gasteiger partial charge in [-0.05, 0) is 0 Å². The van der Waals surface area contributed by atoms with E-state index in [1.165, 1.54) is 39.5 Å².